The predicted molar refractivity (Wildman–Crippen MR) is 187 cm³/mol. The van der Waals surface area contributed by atoms with Gasteiger partial charge < -0.3 is 26.5 Å². The van der Waals surface area contributed by atoms with Crippen LogP contribution in [0.1, 0.15) is 89.7 Å². The molecule has 1 aliphatic heterocycles. The van der Waals surface area contributed by atoms with Gasteiger partial charge in [0.2, 0.25) is 11.7 Å². The van der Waals surface area contributed by atoms with Gasteiger partial charge in [0.1, 0.15) is 12.6 Å². The highest BCUT2D eigenvalue weighted by Gasteiger charge is 2.25. The number of benzene rings is 1. The summed E-state index contributed by atoms with van der Waals surface area (Å²) < 4.78 is 14.7. The number of allylic oxidation sites excluding steroid dienone is 5. The lowest BCUT2D eigenvalue weighted by molar-refractivity contribution is -0.118. The summed E-state index contributed by atoms with van der Waals surface area (Å²) in [6, 6.07) is 8.65. The highest BCUT2D eigenvalue weighted by molar-refractivity contribution is 5.74. The van der Waals surface area contributed by atoms with Crippen LogP contribution in [0.4, 0.5) is 16.0 Å². The van der Waals surface area contributed by atoms with Gasteiger partial charge in [-0.15, -0.1) is 0 Å². The van der Waals surface area contributed by atoms with Gasteiger partial charge in [0.05, 0.1) is 0 Å². The molecular weight excluding hydrogens is 567 g/mol. The molecule has 0 bridgehead atoms. The monoisotopic (exact) mass is 622 g/mol. The molecule has 1 aromatic carbocycles. The standard InChI is InChI=1S/C16H23FN4O.C14H19NO.C5H8.CH5N/c17-14-15(20-13-6-2-1-3-7-13)18-11-19-16(14)21-8-4-5-12(9-21)10-22;1-3-12(4-2)13-8-5-11(6-9-13)7-10-14(15)16;1-3-5-4-2;1-2/h10-13H,1-9H2,(H,18,19,20);3,5-6,8-9H,4,7,10H2,1-2H3,(H2,15,16);3-5H,1H2,2H3;2H2,1H3/b;12-3-;5-4-;. The third-order valence-electron chi connectivity index (χ3n) is 7.71. The van der Waals surface area contributed by atoms with E-state index in [0.29, 0.717) is 30.6 Å². The van der Waals surface area contributed by atoms with Gasteiger partial charge in [-0.3, -0.25) is 4.79 Å². The van der Waals surface area contributed by atoms with Gasteiger partial charge in [0.25, 0.3) is 0 Å². The van der Waals surface area contributed by atoms with Gasteiger partial charge in [-0.2, -0.15) is 4.39 Å². The average molecular weight is 623 g/mol. The van der Waals surface area contributed by atoms with E-state index in [9.17, 15) is 14.0 Å². The van der Waals surface area contributed by atoms with Gasteiger partial charge in [-0.05, 0) is 76.1 Å². The van der Waals surface area contributed by atoms with Crippen LogP contribution in [0.25, 0.3) is 5.57 Å². The fourth-order valence-corrected chi connectivity index (χ4v) is 5.30. The maximum atomic E-state index is 14.7. The molecule has 0 radical (unpaired) electrons. The second kappa shape index (κ2) is 23.5. The summed E-state index contributed by atoms with van der Waals surface area (Å²) in [6.45, 7) is 10.9. The third-order valence-corrected chi connectivity index (χ3v) is 7.71. The zero-order valence-electron chi connectivity index (χ0n) is 27.8. The largest absolute Gasteiger partial charge is 0.370 e. The van der Waals surface area contributed by atoms with Crippen LogP contribution in [0.2, 0.25) is 0 Å². The van der Waals surface area contributed by atoms with Crippen LogP contribution in [0.5, 0.6) is 0 Å². The minimum absolute atomic E-state index is 0.0298. The highest BCUT2D eigenvalue weighted by Crippen LogP contribution is 2.28. The van der Waals surface area contributed by atoms with Crippen molar-refractivity contribution in [3.63, 3.8) is 0 Å². The van der Waals surface area contributed by atoms with E-state index in [1.807, 2.05) is 24.0 Å². The maximum Gasteiger partial charge on any atom is 0.217 e. The van der Waals surface area contributed by atoms with Crippen LogP contribution in [-0.4, -0.2) is 48.3 Å². The van der Waals surface area contributed by atoms with E-state index >= 15 is 0 Å². The zero-order chi connectivity index (χ0) is 33.5. The molecule has 2 aromatic rings. The zero-order valence-corrected chi connectivity index (χ0v) is 27.8. The molecule has 1 aliphatic carbocycles. The second-order valence-corrected chi connectivity index (χ2v) is 10.9. The number of halogens is 1. The number of aromatic nitrogens is 2. The molecule has 45 heavy (non-hydrogen) atoms. The Bertz CT molecular complexity index is 1190. The lowest BCUT2D eigenvalue weighted by Gasteiger charge is -2.31. The molecule has 248 valence electrons. The number of piperidine rings is 1. The van der Waals surface area contributed by atoms with E-state index < -0.39 is 0 Å². The summed E-state index contributed by atoms with van der Waals surface area (Å²) in [4.78, 5) is 31.7. The molecular formula is C36H55FN6O2. The lowest BCUT2D eigenvalue weighted by atomic mass is 9.95. The smallest absolute Gasteiger partial charge is 0.217 e. The fraction of sp³-hybridized carbons (Fsp3) is 0.500. The molecule has 1 saturated carbocycles. The number of nitrogens with one attached hydrogen (secondary N) is 1. The van der Waals surface area contributed by atoms with Gasteiger partial charge in [-0.1, -0.05) is 81.3 Å². The summed E-state index contributed by atoms with van der Waals surface area (Å²) in [5.74, 6) is -0.0470. The number of carbonyl (C=O) groups excluding carboxylic acids is 2. The van der Waals surface area contributed by atoms with E-state index in [1.165, 1.54) is 43.8 Å². The van der Waals surface area contributed by atoms with E-state index in [1.54, 1.807) is 6.08 Å². The van der Waals surface area contributed by atoms with Crippen LogP contribution in [0.3, 0.4) is 0 Å². The van der Waals surface area contributed by atoms with Crippen LogP contribution in [0.15, 0.2) is 61.5 Å². The van der Waals surface area contributed by atoms with E-state index in [4.69, 9.17) is 5.73 Å². The molecule has 1 amide bonds. The Morgan fingerprint density at radius 3 is 2.31 bits per heavy atom. The summed E-state index contributed by atoms with van der Waals surface area (Å²) in [5, 5.41) is 3.23. The molecule has 2 heterocycles. The van der Waals surface area contributed by atoms with Crippen molar-refractivity contribution in [3.05, 3.63) is 78.4 Å². The van der Waals surface area contributed by atoms with Crippen LogP contribution >= 0.6 is 0 Å². The van der Waals surface area contributed by atoms with E-state index in [2.05, 4.69) is 71.8 Å². The summed E-state index contributed by atoms with van der Waals surface area (Å²) in [6.07, 6.45) is 19.8. The number of aldehydes is 1. The van der Waals surface area contributed by atoms with Crippen molar-refractivity contribution in [2.75, 3.05) is 30.4 Å². The van der Waals surface area contributed by atoms with Crippen LogP contribution < -0.4 is 21.7 Å². The first-order chi connectivity index (χ1) is 21.9. The number of hydrogen-bond acceptors (Lipinski definition) is 7. The Morgan fingerprint density at radius 2 is 1.78 bits per heavy atom. The van der Waals surface area contributed by atoms with Gasteiger partial charge in [0, 0.05) is 31.5 Å². The van der Waals surface area contributed by atoms with E-state index in [0.717, 1.165) is 56.9 Å². The molecule has 2 fully saturated rings. The number of primary amides is 1. The molecule has 9 heteroatoms. The van der Waals surface area contributed by atoms with E-state index in [-0.39, 0.29) is 17.6 Å². The average Bonchev–Trinajstić information content (AvgIpc) is 3.08. The number of aryl methyl sites for hydroxylation is 1. The summed E-state index contributed by atoms with van der Waals surface area (Å²) >= 11 is 0. The van der Waals surface area contributed by atoms with Crippen molar-refractivity contribution in [2.24, 2.45) is 17.4 Å². The molecule has 0 spiro atoms. The molecule has 4 rings (SSSR count). The van der Waals surface area contributed by atoms with Crippen molar-refractivity contribution >= 4 is 29.4 Å². The van der Waals surface area contributed by atoms with Gasteiger partial charge in [0.15, 0.2) is 11.6 Å². The number of anilines is 2. The molecule has 1 unspecified atom stereocenters. The lowest BCUT2D eigenvalue weighted by Crippen LogP contribution is -2.37. The SMILES string of the molecule is C/C=C(/CC)c1ccc(CCC(N)=O)cc1.C=C/C=C\C.CN.O=CC1CCCN(c2ncnc(NC3CCCCC3)c2F)C1. The molecule has 5 N–H and O–H groups in total. The topological polar surface area (TPSA) is 127 Å². The Balaban J connectivity index is 0.000000387. The highest BCUT2D eigenvalue weighted by atomic mass is 19.1. The van der Waals surface area contributed by atoms with Crippen molar-refractivity contribution < 1.29 is 14.0 Å². The Hall–Kier alpha value is -3.85. The molecule has 1 aromatic heterocycles. The number of nitrogens with zero attached hydrogens (tertiary/aromatic N) is 3. The number of amides is 1. The molecule has 2 aliphatic rings. The van der Waals surface area contributed by atoms with Crippen LogP contribution in [0, 0.1) is 11.7 Å². The summed E-state index contributed by atoms with van der Waals surface area (Å²) in [7, 11) is 1.50. The first-order valence-electron chi connectivity index (χ1n) is 16.2. The second-order valence-electron chi connectivity index (χ2n) is 10.9. The number of hydrogen-bond donors (Lipinski definition) is 3. The maximum absolute atomic E-state index is 14.7. The van der Waals surface area contributed by atoms with Crippen LogP contribution in [-0.2, 0) is 16.0 Å². The Morgan fingerprint density at radius 1 is 1.09 bits per heavy atom. The first kappa shape index (κ1) is 39.2. The first-order valence-corrected chi connectivity index (χ1v) is 16.2. The van der Waals surface area contributed by atoms with Crippen molar-refractivity contribution in [1.82, 2.24) is 9.97 Å². The number of rotatable bonds is 10. The normalized spacial score (nSPS) is 16.6. The van der Waals surface area contributed by atoms with Gasteiger partial charge >= 0.3 is 0 Å². The Labute approximate surface area is 270 Å². The Kier molecular flexibility index (Phi) is 20.5. The van der Waals surface area contributed by atoms with Crippen molar-refractivity contribution in [1.29, 1.82) is 0 Å². The summed E-state index contributed by atoms with van der Waals surface area (Å²) in [5.41, 5.74) is 13.4. The fourth-order valence-electron chi connectivity index (χ4n) is 5.30. The van der Waals surface area contributed by atoms with Crippen molar-refractivity contribution in [3.8, 4) is 0 Å². The molecule has 8 nitrogen and oxygen atoms in total. The van der Waals surface area contributed by atoms with Gasteiger partial charge in [-0.25, -0.2) is 9.97 Å². The minimum Gasteiger partial charge on any atom is -0.370 e. The number of nitrogens with two attached hydrogens (primary N) is 2. The minimum atomic E-state index is -0.389. The molecule has 1 saturated heterocycles. The third kappa shape index (κ3) is 14.7. The number of carbonyl (C=O) groups is 2. The molecule has 1 atom stereocenters. The predicted octanol–water partition coefficient (Wildman–Crippen LogP) is 7.02. The quantitative estimate of drug-likeness (QED) is 0.192. The van der Waals surface area contributed by atoms with Crippen molar-refractivity contribution in [2.45, 2.75) is 91.0 Å².